The second-order valence-corrected chi connectivity index (χ2v) is 9.19. The first kappa shape index (κ1) is 24.6. The van der Waals surface area contributed by atoms with Crippen LogP contribution >= 0.6 is 11.3 Å². The third-order valence-corrected chi connectivity index (χ3v) is 7.07. The summed E-state index contributed by atoms with van der Waals surface area (Å²) in [6.45, 7) is 5.53. The Balaban J connectivity index is 1.52. The second-order valence-electron chi connectivity index (χ2n) is 8.17. The second kappa shape index (κ2) is 11.3. The monoisotopic (exact) mass is 492 g/mol. The van der Waals surface area contributed by atoms with Gasteiger partial charge >= 0.3 is 0 Å². The van der Waals surface area contributed by atoms with Crippen molar-refractivity contribution in [1.29, 1.82) is 0 Å². The van der Waals surface area contributed by atoms with Crippen LogP contribution in [-0.4, -0.2) is 55.4 Å². The standard InChI is InChI=1S/C27H28N2O5S/c1-3-22(30)19-9-11-21(12-10-19)34-17-23(31)28-26-24(27(32)29-13-15-33-16-14-29)18(2)25(35-26)20-7-5-4-6-8-20/h4-12H,3,13-17H2,1-2H3,(H,28,31). The molecule has 182 valence electrons. The molecule has 0 atom stereocenters. The molecule has 7 nitrogen and oxygen atoms in total. The van der Waals surface area contributed by atoms with E-state index >= 15 is 0 Å². The fraction of sp³-hybridized carbons (Fsp3) is 0.296. The number of morpholine rings is 1. The van der Waals surface area contributed by atoms with E-state index in [4.69, 9.17) is 9.47 Å². The number of ketones is 1. The maximum absolute atomic E-state index is 13.4. The Morgan fingerprint density at radius 2 is 1.71 bits per heavy atom. The van der Waals surface area contributed by atoms with Crippen LogP contribution in [0.1, 0.15) is 39.6 Å². The van der Waals surface area contributed by atoms with E-state index in [0.717, 1.165) is 16.0 Å². The number of rotatable bonds is 8. The fourth-order valence-corrected chi connectivity index (χ4v) is 5.12. The lowest BCUT2D eigenvalue weighted by atomic mass is 10.1. The highest BCUT2D eigenvalue weighted by molar-refractivity contribution is 7.20. The number of nitrogens with one attached hydrogen (secondary N) is 1. The summed E-state index contributed by atoms with van der Waals surface area (Å²) < 4.78 is 11.0. The molecule has 35 heavy (non-hydrogen) atoms. The van der Waals surface area contributed by atoms with E-state index in [1.165, 1.54) is 11.3 Å². The summed E-state index contributed by atoms with van der Waals surface area (Å²) in [5, 5.41) is 3.40. The number of ether oxygens (including phenoxy) is 2. The van der Waals surface area contributed by atoms with E-state index in [1.54, 1.807) is 29.2 Å². The number of carbonyl (C=O) groups excluding carboxylic acids is 3. The van der Waals surface area contributed by atoms with Crippen LogP contribution in [0.2, 0.25) is 0 Å². The first-order chi connectivity index (χ1) is 17.0. The lowest BCUT2D eigenvalue weighted by Gasteiger charge is -2.27. The predicted molar refractivity (Wildman–Crippen MR) is 136 cm³/mol. The molecule has 2 amide bonds. The van der Waals surface area contributed by atoms with Crippen LogP contribution in [0.3, 0.4) is 0 Å². The minimum absolute atomic E-state index is 0.0500. The average Bonchev–Trinajstić information content (AvgIpc) is 3.23. The van der Waals surface area contributed by atoms with Crippen molar-refractivity contribution < 1.29 is 23.9 Å². The Morgan fingerprint density at radius 1 is 1.03 bits per heavy atom. The minimum Gasteiger partial charge on any atom is -0.484 e. The average molecular weight is 493 g/mol. The van der Waals surface area contributed by atoms with Crippen molar-refractivity contribution in [2.45, 2.75) is 20.3 Å². The van der Waals surface area contributed by atoms with Gasteiger partial charge in [-0.15, -0.1) is 11.3 Å². The molecule has 4 rings (SSSR count). The Kier molecular flexibility index (Phi) is 7.94. The zero-order chi connectivity index (χ0) is 24.8. The van der Waals surface area contributed by atoms with E-state index in [-0.39, 0.29) is 24.2 Å². The smallest absolute Gasteiger partial charge is 0.262 e. The number of nitrogens with zero attached hydrogens (tertiary/aromatic N) is 1. The van der Waals surface area contributed by atoms with Crippen molar-refractivity contribution in [3.05, 3.63) is 71.3 Å². The highest BCUT2D eigenvalue weighted by atomic mass is 32.1. The molecule has 1 aliphatic rings. The van der Waals surface area contributed by atoms with Gasteiger partial charge in [-0.05, 0) is 42.3 Å². The van der Waals surface area contributed by atoms with Crippen molar-refractivity contribution >= 4 is 33.9 Å². The number of hydrogen-bond acceptors (Lipinski definition) is 6. The third kappa shape index (κ3) is 5.78. The van der Waals surface area contributed by atoms with E-state index in [0.29, 0.717) is 54.6 Å². The van der Waals surface area contributed by atoms with Gasteiger partial charge in [-0.1, -0.05) is 37.3 Å². The van der Waals surface area contributed by atoms with Crippen LogP contribution in [0.5, 0.6) is 5.75 Å². The number of amides is 2. The molecular formula is C27H28N2O5S. The fourth-order valence-electron chi connectivity index (χ4n) is 3.90. The largest absolute Gasteiger partial charge is 0.484 e. The number of thiophene rings is 1. The van der Waals surface area contributed by atoms with Crippen molar-refractivity contribution in [2.24, 2.45) is 0 Å². The molecule has 1 N–H and O–H groups in total. The van der Waals surface area contributed by atoms with Crippen LogP contribution in [-0.2, 0) is 9.53 Å². The summed E-state index contributed by atoms with van der Waals surface area (Å²) in [5.41, 5.74) is 2.94. The van der Waals surface area contributed by atoms with E-state index in [9.17, 15) is 14.4 Å². The molecule has 0 aliphatic carbocycles. The number of carbonyl (C=O) groups is 3. The Morgan fingerprint density at radius 3 is 2.37 bits per heavy atom. The molecular weight excluding hydrogens is 464 g/mol. The van der Waals surface area contributed by atoms with Crippen LogP contribution in [0, 0.1) is 6.92 Å². The quantitative estimate of drug-likeness (QED) is 0.457. The highest BCUT2D eigenvalue weighted by Gasteiger charge is 2.28. The lowest BCUT2D eigenvalue weighted by molar-refractivity contribution is -0.118. The van der Waals surface area contributed by atoms with Gasteiger partial charge in [-0.25, -0.2) is 0 Å². The first-order valence-electron chi connectivity index (χ1n) is 11.6. The summed E-state index contributed by atoms with van der Waals surface area (Å²) in [5.74, 6) is 0.0611. The maximum Gasteiger partial charge on any atom is 0.262 e. The molecule has 0 radical (unpaired) electrons. The molecule has 0 spiro atoms. The summed E-state index contributed by atoms with van der Waals surface area (Å²) in [4.78, 5) is 40.7. The molecule has 1 saturated heterocycles. The third-order valence-electron chi connectivity index (χ3n) is 5.82. The minimum atomic E-state index is -0.365. The summed E-state index contributed by atoms with van der Waals surface area (Å²) in [7, 11) is 0. The van der Waals surface area contributed by atoms with Crippen molar-refractivity contribution in [3.8, 4) is 16.2 Å². The zero-order valence-electron chi connectivity index (χ0n) is 19.8. The zero-order valence-corrected chi connectivity index (χ0v) is 20.7. The topological polar surface area (TPSA) is 84.9 Å². The Bertz CT molecular complexity index is 1200. The van der Waals surface area contributed by atoms with Crippen LogP contribution in [0.15, 0.2) is 54.6 Å². The van der Waals surface area contributed by atoms with Gasteiger partial charge in [0.15, 0.2) is 12.4 Å². The Hall–Kier alpha value is -3.49. The van der Waals surface area contributed by atoms with E-state index < -0.39 is 0 Å². The van der Waals surface area contributed by atoms with Crippen molar-refractivity contribution in [3.63, 3.8) is 0 Å². The van der Waals surface area contributed by atoms with Gasteiger partial charge in [-0.3, -0.25) is 14.4 Å². The number of anilines is 1. The lowest BCUT2D eigenvalue weighted by Crippen LogP contribution is -2.41. The van der Waals surface area contributed by atoms with Crippen LogP contribution < -0.4 is 10.1 Å². The maximum atomic E-state index is 13.4. The van der Waals surface area contributed by atoms with Gasteiger partial charge in [0.1, 0.15) is 10.8 Å². The highest BCUT2D eigenvalue weighted by Crippen LogP contribution is 2.40. The summed E-state index contributed by atoms with van der Waals surface area (Å²) >= 11 is 1.39. The van der Waals surface area contributed by atoms with Gasteiger partial charge in [0.25, 0.3) is 11.8 Å². The molecule has 8 heteroatoms. The molecule has 1 aromatic heterocycles. The summed E-state index contributed by atoms with van der Waals surface area (Å²) in [6, 6.07) is 16.5. The SMILES string of the molecule is CCC(=O)c1ccc(OCC(=O)Nc2sc(-c3ccccc3)c(C)c2C(=O)N2CCOCC2)cc1. The molecule has 0 unspecified atom stereocenters. The van der Waals surface area contributed by atoms with E-state index in [2.05, 4.69) is 5.32 Å². The van der Waals surface area contributed by atoms with Crippen molar-refractivity contribution in [2.75, 3.05) is 38.2 Å². The van der Waals surface area contributed by atoms with E-state index in [1.807, 2.05) is 44.2 Å². The molecule has 0 saturated carbocycles. The Labute approximate surface area is 208 Å². The van der Waals surface area contributed by atoms with Gasteiger partial charge < -0.3 is 19.7 Å². The van der Waals surface area contributed by atoms with Gasteiger partial charge in [0.2, 0.25) is 0 Å². The van der Waals surface area contributed by atoms with Gasteiger partial charge in [-0.2, -0.15) is 0 Å². The number of Topliss-reactive ketones (excluding diaryl/α,β-unsaturated/α-hetero) is 1. The molecule has 2 heterocycles. The molecule has 0 bridgehead atoms. The normalized spacial score (nSPS) is 13.4. The first-order valence-corrected chi connectivity index (χ1v) is 12.4. The molecule has 2 aromatic carbocycles. The molecule has 1 aliphatic heterocycles. The molecule has 1 fully saturated rings. The van der Waals surface area contributed by atoms with Crippen LogP contribution in [0.4, 0.5) is 5.00 Å². The van der Waals surface area contributed by atoms with Crippen molar-refractivity contribution in [1.82, 2.24) is 4.90 Å². The summed E-state index contributed by atoms with van der Waals surface area (Å²) in [6.07, 6.45) is 0.430. The number of benzene rings is 2. The predicted octanol–water partition coefficient (Wildman–Crippen LogP) is 4.81. The number of hydrogen-bond donors (Lipinski definition) is 1. The van der Waals surface area contributed by atoms with Gasteiger partial charge in [0, 0.05) is 30.0 Å². The van der Waals surface area contributed by atoms with Crippen LogP contribution in [0.25, 0.3) is 10.4 Å². The molecule has 3 aromatic rings. The van der Waals surface area contributed by atoms with Gasteiger partial charge in [0.05, 0.1) is 18.8 Å².